The van der Waals surface area contributed by atoms with Gasteiger partial charge in [-0.05, 0) is 38.1 Å². The van der Waals surface area contributed by atoms with E-state index in [0.717, 1.165) is 16.7 Å². The standard InChI is InChI=1S/C16H16N4O/c1-11(2)20-8-5-13(19-20)10-16(21)12-3-4-14-15(9-12)18-7-6-17-14/h3-9,11H,10H2,1-2H3. The van der Waals surface area contributed by atoms with Crippen LogP contribution in [0.3, 0.4) is 0 Å². The Hall–Kier alpha value is -2.56. The number of carbonyl (C=O) groups excluding carboxylic acids is 1. The van der Waals surface area contributed by atoms with Gasteiger partial charge >= 0.3 is 0 Å². The van der Waals surface area contributed by atoms with E-state index in [2.05, 4.69) is 28.9 Å². The van der Waals surface area contributed by atoms with Gasteiger partial charge in [-0.1, -0.05) is 0 Å². The molecular formula is C16H16N4O. The lowest BCUT2D eigenvalue weighted by atomic mass is 10.1. The minimum absolute atomic E-state index is 0.0385. The molecule has 0 bridgehead atoms. The second-order valence-corrected chi connectivity index (χ2v) is 5.24. The van der Waals surface area contributed by atoms with Crippen molar-refractivity contribution in [3.05, 3.63) is 54.1 Å². The predicted molar refractivity (Wildman–Crippen MR) is 80.2 cm³/mol. The molecule has 2 heterocycles. The van der Waals surface area contributed by atoms with Crippen molar-refractivity contribution in [3.8, 4) is 0 Å². The van der Waals surface area contributed by atoms with Crippen molar-refractivity contribution in [1.29, 1.82) is 0 Å². The summed E-state index contributed by atoms with van der Waals surface area (Å²) < 4.78 is 1.86. The summed E-state index contributed by atoms with van der Waals surface area (Å²) in [5, 5.41) is 4.41. The monoisotopic (exact) mass is 280 g/mol. The van der Waals surface area contributed by atoms with Crippen LogP contribution in [-0.4, -0.2) is 25.5 Å². The van der Waals surface area contributed by atoms with Gasteiger partial charge in [0.05, 0.1) is 23.1 Å². The van der Waals surface area contributed by atoms with E-state index in [1.165, 1.54) is 0 Å². The first-order valence-corrected chi connectivity index (χ1v) is 6.91. The lowest BCUT2D eigenvalue weighted by molar-refractivity contribution is 0.0992. The second-order valence-electron chi connectivity index (χ2n) is 5.24. The molecule has 0 saturated carbocycles. The fourth-order valence-electron chi connectivity index (χ4n) is 2.16. The average molecular weight is 280 g/mol. The molecule has 21 heavy (non-hydrogen) atoms. The third-order valence-electron chi connectivity index (χ3n) is 3.33. The predicted octanol–water partition coefficient (Wildman–Crippen LogP) is 2.83. The number of Topliss-reactive ketones (excluding diaryl/α,β-unsaturated/α-hetero) is 1. The summed E-state index contributed by atoms with van der Waals surface area (Å²) in [6.45, 7) is 4.11. The minimum atomic E-state index is 0.0385. The van der Waals surface area contributed by atoms with Crippen LogP contribution in [0.2, 0.25) is 0 Å². The SMILES string of the molecule is CC(C)n1ccc(CC(=O)c2ccc3nccnc3c2)n1. The van der Waals surface area contributed by atoms with Crippen LogP contribution in [0.25, 0.3) is 11.0 Å². The van der Waals surface area contributed by atoms with Crippen molar-refractivity contribution in [1.82, 2.24) is 19.7 Å². The molecule has 0 fully saturated rings. The highest BCUT2D eigenvalue weighted by atomic mass is 16.1. The van der Waals surface area contributed by atoms with E-state index in [1.807, 2.05) is 23.0 Å². The lowest BCUT2D eigenvalue weighted by Crippen LogP contribution is -2.06. The van der Waals surface area contributed by atoms with Gasteiger partial charge in [-0.2, -0.15) is 5.10 Å². The number of ketones is 1. The van der Waals surface area contributed by atoms with Gasteiger partial charge in [0.25, 0.3) is 0 Å². The fraction of sp³-hybridized carbons (Fsp3) is 0.250. The molecule has 0 spiro atoms. The third-order valence-corrected chi connectivity index (χ3v) is 3.33. The smallest absolute Gasteiger partial charge is 0.168 e. The minimum Gasteiger partial charge on any atom is -0.294 e. The molecule has 0 aliphatic carbocycles. The first-order chi connectivity index (χ1) is 10.1. The molecule has 0 saturated heterocycles. The van der Waals surface area contributed by atoms with Crippen molar-refractivity contribution in [2.75, 3.05) is 0 Å². The number of aromatic nitrogens is 4. The molecule has 3 rings (SSSR count). The molecule has 5 heteroatoms. The van der Waals surface area contributed by atoms with Gasteiger partial charge in [0, 0.05) is 30.2 Å². The summed E-state index contributed by atoms with van der Waals surface area (Å²) in [5.41, 5.74) is 2.95. The van der Waals surface area contributed by atoms with Crippen LogP contribution in [0.1, 0.15) is 35.9 Å². The van der Waals surface area contributed by atoms with Crippen molar-refractivity contribution in [2.45, 2.75) is 26.3 Å². The fourth-order valence-corrected chi connectivity index (χ4v) is 2.16. The Morgan fingerprint density at radius 2 is 1.90 bits per heavy atom. The maximum atomic E-state index is 12.3. The van der Waals surface area contributed by atoms with E-state index in [-0.39, 0.29) is 5.78 Å². The molecule has 2 aromatic heterocycles. The summed E-state index contributed by atoms with van der Waals surface area (Å²) in [5.74, 6) is 0.0385. The molecule has 3 aromatic rings. The molecule has 5 nitrogen and oxygen atoms in total. The summed E-state index contributed by atoms with van der Waals surface area (Å²) in [7, 11) is 0. The Morgan fingerprint density at radius 3 is 2.62 bits per heavy atom. The molecule has 0 aliphatic heterocycles. The number of fused-ring (bicyclic) bond motifs is 1. The molecule has 0 amide bonds. The van der Waals surface area contributed by atoms with Crippen molar-refractivity contribution in [2.24, 2.45) is 0 Å². The van der Waals surface area contributed by atoms with Gasteiger partial charge in [0.15, 0.2) is 5.78 Å². The molecule has 106 valence electrons. The molecular weight excluding hydrogens is 264 g/mol. The third kappa shape index (κ3) is 2.81. The van der Waals surface area contributed by atoms with Crippen molar-refractivity contribution >= 4 is 16.8 Å². The van der Waals surface area contributed by atoms with Crippen molar-refractivity contribution < 1.29 is 4.79 Å². The van der Waals surface area contributed by atoms with Gasteiger partial charge in [-0.15, -0.1) is 0 Å². The van der Waals surface area contributed by atoms with Gasteiger partial charge in [-0.25, -0.2) is 0 Å². The maximum Gasteiger partial charge on any atom is 0.168 e. The first-order valence-electron chi connectivity index (χ1n) is 6.91. The highest BCUT2D eigenvalue weighted by Crippen LogP contribution is 2.13. The van der Waals surface area contributed by atoms with Gasteiger partial charge < -0.3 is 0 Å². The largest absolute Gasteiger partial charge is 0.294 e. The van der Waals surface area contributed by atoms with E-state index in [0.29, 0.717) is 18.0 Å². The summed E-state index contributed by atoms with van der Waals surface area (Å²) in [6.07, 6.45) is 5.47. The Bertz CT molecular complexity index is 792. The molecule has 0 unspecified atom stereocenters. The van der Waals surface area contributed by atoms with Crippen LogP contribution in [0.15, 0.2) is 42.9 Å². The van der Waals surface area contributed by atoms with E-state index in [1.54, 1.807) is 24.5 Å². The van der Waals surface area contributed by atoms with Gasteiger partial charge in [-0.3, -0.25) is 19.4 Å². The second kappa shape index (κ2) is 5.44. The summed E-state index contributed by atoms with van der Waals surface area (Å²) in [4.78, 5) is 20.8. The van der Waals surface area contributed by atoms with Crippen LogP contribution in [0.5, 0.6) is 0 Å². The van der Waals surface area contributed by atoms with Crippen LogP contribution in [0.4, 0.5) is 0 Å². The summed E-state index contributed by atoms with van der Waals surface area (Å²) >= 11 is 0. The zero-order valence-electron chi connectivity index (χ0n) is 12.0. The number of benzene rings is 1. The van der Waals surface area contributed by atoms with Gasteiger partial charge in [0.1, 0.15) is 0 Å². The first kappa shape index (κ1) is 13.4. The maximum absolute atomic E-state index is 12.3. The normalized spacial score (nSPS) is 11.2. The average Bonchev–Trinajstić information content (AvgIpc) is 2.95. The van der Waals surface area contributed by atoms with Crippen molar-refractivity contribution in [3.63, 3.8) is 0 Å². The highest BCUT2D eigenvalue weighted by Gasteiger charge is 2.11. The quantitative estimate of drug-likeness (QED) is 0.689. The Labute approximate surface area is 122 Å². The number of hydrogen-bond acceptors (Lipinski definition) is 4. The van der Waals surface area contributed by atoms with Crippen LogP contribution in [-0.2, 0) is 6.42 Å². The topological polar surface area (TPSA) is 60.7 Å². The number of nitrogens with zero attached hydrogens (tertiary/aromatic N) is 4. The lowest BCUT2D eigenvalue weighted by Gasteiger charge is -2.04. The Morgan fingerprint density at radius 1 is 1.14 bits per heavy atom. The Kier molecular flexibility index (Phi) is 3.48. The highest BCUT2D eigenvalue weighted by molar-refractivity contribution is 5.99. The molecule has 0 aliphatic rings. The molecule has 0 N–H and O–H groups in total. The van der Waals surface area contributed by atoms with Crippen LogP contribution in [0, 0.1) is 0 Å². The van der Waals surface area contributed by atoms with Crippen LogP contribution < -0.4 is 0 Å². The zero-order chi connectivity index (χ0) is 14.8. The summed E-state index contributed by atoms with van der Waals surface area (Å²) in [6, 6.07) is 7.58. The number of hydrogen-bond donors (Lipinski definition) is 0. The van der Waals surface area contributed by atoms with E-state index in [4.69, 9.17) is 0 Å². The number of rotatable bonds is 4. The van der Waals surface area contributed by atoms with Gasteiger partial charge in [0.2, 0.25) is 0 Å². The molecule has 1 aromatic carbocycles. The molecule has 0 atom stereocenters. The van der Waals surface area contributed by atoms with E-state index >= 15 is 0 Å². The molecule has 0 radical (unpaired) electrons. The van der Waals surface area contributed by atoms with Crippen LogP contribution >= 0.6 is 0 Å². The Balaban J connectivity index is 1.82. The van der Waals surface area contributed by atoms with E-state index in [9.17, 15) is 4.79 Å². The zero-order valence-corrected chi connectivity index (χ0v) is 12.0. The van der Waals surface area contributed by atoms with E-state index < -0.39 is 0 Å². The number of carbonyl (C=O) groups is 1.